The van der Waals surface area contributed by atoms with Crippen molar-refractivity contribution in [2.75, 3.05) is 7.05 Å². The number of nitriles is 1. The molecule has 0 fully saturated rings. The molecule has 0 aliphatic heterocycles. The molecule has 146 valence electrons. The molecule has 5 N–H and O–H groups in total. The van der Waals surface area contributed by atoms with Gasteiger partial charge in [-0.3, -0.25) is 14.5 Å². The summed E-state index contributed by atoms with van der Waals surface area (Å²) < 4.78 is 0. The molecule has 2 amide bonds. The van der Waals surface area contributed by atoms with E-state index in [1.165, 1.54) is 18.4 Å². The fourth-order valence-electron chi connectivity index (χ4n) is 2.35. The molecule has 0 saturated heterocycles. The van der Waals surface area contributed by atoms with Crippen LogP contribution < -0.4 is 16.8 Å². The lowest BCUT2D eigenvalue weighted by Crippen LogP contribution is -2.49. The van der Waals surface area contributed by atoms with E-state index in [2.05, 4.69) is 15.3 Å². The molecule has 0 radical (unpaired) electrons. The maximum Gasteiger partial charge on any atom is 0.258 e. The highest BCUT2D eigenvalue weighted by Crippen LogP contribution is 2.26. The molecular weight excluding hydrogens is 378 g/mol. The molecule has 2 rings (SSSR count). The summed E-state index contributed by atoms with van der Waals surface area (Å²) in [4.78, 5) is 33.9. The first-order chi connectivity index (χ1) is 13.2. The summed E-state index contributed by atoms with van der Waals surface area (Å²) in [5, 5.41) is 13.8. The highest BCUT2D eigenvalue weighted by molar-refractivity contribution is 7.13. The fraction of sp³-hybridized carbons (Fsp3) is 0.278. The number of rotatable bonds is 6. The summed E-state index contributed by atoms with van der Waals surface area (Å²) in [7, 11) is 1.36. The number of hydrogen-bond donors (Lipinski definition) is 3. The van der Waals surface area contributed by atoms with Gasteiger partial charge < -0.3 is 16.8 Å². The van der Waals surface area contributed by atoms with Crippen molar-refractivity contribution < 1.29 is 9.59 Å². The first kappa shape index (κ1) is 20.9. The average molecular weight is 399 g/mol. The van der Waals surface area contributed by atoms with Gasteiger partial charge in [0.05, 0.1) is 5.69 Å². The largest absolute Gasteiger partial charge is 0.370 e. The zero-order valence-corrected chi connectivity index (χ0v) is 16.5. The molecule has 2 aromatic rings. The Labute approximate surface area is 166 Å². The Morgan fingerprint density at radius 1 is 1.29 bits per heavy atom. The van der Waals surface area contributed by atoms with Gasteiger partial charge in [-0.2, -0.15) is 10.3 Å². The van der Waals surface area contributed by atoms with Crippen LogP contribution in [-0.2, 0) is 4.79 Å². The maximum atomic E-state index is 12.5. The van der Waals surface area contributed by atoms with Crippen LogP contribution in [-0.4, -0.2) is 40.7 Å². The second kappa shape index (κ2) is 8.96. The Hall–Kier alpha value is -3.45. The average Bonchev–Trinajstić information content (AvgIpc) is 3.12. The summed E-state index contributed by atoms with van der Waals surface area (Å²) in [6.45, 7) is 3.60. The van der Waals surface area contributed by atoms with Crippen LogP contribution in [0.4, 0.5) is 5.13 Å². The van der Waals surface area contributed by atoms with Gasteiger partial charge in [-0.15, -0.1) is 11.3 Å². The van der Waals surface area contributed by atoms with E-state index < -0.39 is 17.9 Å². The van der Waals surface area contributed by atoms with Crippen molar-refractivity contribution in [2.45, 2.75) is 19.9 Å². The number of guanidine groups is 1. The lowest BCUT2D eigenvalue weighted by atomic mass is 10.0. The number of carbonyl (C=O) groups is 2. The molecule has 0 spiro atoms. The van der Waals surface area contributed by atoms with Gasteiger partial charge in [0.25, 0.3) is 11.8 Å². The van der Waals surface area contributed by atoms with Crippen molar-refractivity contribution in [2.24, 2.45) is 22.4 Å². The minimum Gasteiger partial charge on any atom is -0.370 e. The number of nitrogens with two attached hydrogens (primary N) is 2. The molecule has 10 heteroatoms. The predicted molar refractivity (Wildman–Crippen MR) is 107 cm³/mol. The Bertz CT molecular complexity index is 924. The summed E-state index contributed by atoms with van der Waals surface area (Å²) in [5.74, 6) is -1.10. The monoisotopic (exact) mass is 399 g/mol. The lowest BCUT2D eigenvalue weighted by molar-refractivity contribution is -0.130. The molecule has 0 saturated carbocycles. The van der Waals surface area contributed by atoms with Crippen molar-refractivity contribution in [3.63, 3.8) is 0 Å². The van der Waals surface area contributed by atoms with Crippen LogP contribution in [0.3, 0.4) is 0 Å². The summed E-state index contributed by atoms with van der Waals surface area (Å²) in [6.07, 6.45) is 1.75. The van der Waals surface area contributed by atoms with Crippen molar-refractivity contribution in [1.82, 2.24) is 15.2 Å². The normalized spacial score (nSPS) is 11.4. The van der Waals surface area contributed by atoms with Crippen LogP contribution >= 0.6 is 11.3 Å². The number of nitrogens with zero attached hydrogens (tertiary/aromatic N) is 4. The molecule has 9 nitrogen and oxygen atoms in total. The Morgan fingerprint density at radius 3 is 2.46 bits per heavy atom. The van der Waals surface area contributed by atoms with Crippen molar-refractivity contribution in [1.29, 1.82) is 5.26 Å². The van der Waals surface area contributed by atoms with Gasteiger partial charge >= 0.3 is 0 Å². The van der Waals surface area contributed by atoms with Gasteiger partial charge in [0.1, 0.15) is 6.04 Å². The second-order valence-electron chi connectivity index (χ2n) is 6.32. The highest BCUT2D eigenvalue weighted by Gasteiger charge is 2.27. The van der Waals surface area contributed by atoms with Gasteiger partial charge in [0, 0.05) is 23.6 Å². The van der Waals surface area contributed by atoms with E-state index in [0.717, 1.165) is 10.5 Å². The fourth-order valence-corrected chi connectivity index (χ4v) is 3.06. The number of benzene rings is 1. The van der Waals surface area contributed by atoms with Gasteiger partial charge in [-0.05, 0) is 18.1 Å². The maximum absolute atomic E-state index is 12.5. The Morgan fingerprint density at radius 2 is 1.93 bits per heavy atom. The van der Waals surface area contributed by atoms with Crippen LogP contribution in [0.1, 0.15) is 24.2 Å². The molecule has 0 aliphatic rings. The van der Waals surface area contributed by atoms with Crippen molar-refractivity contribution in [3.05, 3.63) is 35.2 Å². The van der Waals surface area contributed by atoms with Gasteiger partial charge in [-0.25, -0.2) is 4.98 Å². The SMILES string of the molecule is CC(C)C(NC(=O)c1ccc(-c2csc(N=C(N)N)n2)cc1)C(=O)N(C)C#N. The molecule has 1 atom stereocenters. The number of likely N-dealkylation sites (N-methyl/N-ethyl adjacent to an activating group) is 1. The summed E-state index contributed by atoms with van der Waals surface area (Å²) >= 11 is 1.30. The number of nitrogens with one attached hydrogen (secondary N) is 1. The van der Waals surface area contributed by atoms with Crippen LogP contribution in [0.2, 0.25) is 0 Å². The quantitative estimate of drug-likeness (QED) is 0.289. The number of hydrogen-bond acceptors (Lipinski definition) is 6. The van der Waals surface area contributed by atoms with E-state index in [9.17, 15) is 9.59 Å². The van der Waals surface area contributed by atoms with E-state index in [0.29, 0.717) is 16.4 Å². The third-order valence-electron chi connectivity index (χ3n) is 3.86. The van der Waals surface area contributed by atoms with E-state index in [1.54, 1.807) is 44.3 Å². The van der Waals surface area contributed by atoms with E-state index in [4.69, 9.17) is 16.7 Å². The molecule has 28 heavy (non-hydrogen) atoms. The zero-order chi connectivity index (χ0) is 20.8. The number of amides is 2. The topological polar surface area (TPSA) is 150 Å². The highest BCUT2D eigenvalue weighted by atomic mass is 32.1. The van der Waals surface area contributed by atoms with Crippen LogP contribution in [0, 0.1) is 17.4 Å². The van der Waals surface area contributed by atoms with E-state index >= 15 is 0 Å². The first-order valence-electron chi connectivity index (χ1n) is 8.36. The minimum atomic E-state index is -0.794. The summed E-state index contributed by atoms with van der Waals surface area (Å²) in [6, 6.07) is 5.98. The molecule has 1 aromatic carbocycles. The van der Waals surface area contributed by atoms with E-state index in [1.807, 2.05) is 5.38 Å². The number of thiazole rings is 1. The van der Waals surface area contributed by atoms with Crippen LogP contribution in [0.15, 0.2) is 34.6 Å². The standard InChI is InChI=1S/C18H21N7O2S/c1-10(2)14(16(27)25(3)9-19)23-15(26)12-6-4-11(5-7-12)13-8-28-18(22-13)24-17(20)21/h4-8,10,14H,1-3H3,(H,23,26)(H4,20,21,22,24). The molecule has 0 aliphatic carbocycles. The third kappa shape index (κ3) is 5.05. The second-order valence-corrected chi connectivity index (χ2v) is 7.16. The Kier molecular flexibility index (Phi) is 6.68. The van der Waals surface area contributed by atoms with Gasteiger partial charge in [0.15, 0.2) is 12.2 Å². The molecule has 1 aromatic heterocycles. The van der Waals surface area contributed by atoms with Gasteiger partial charge in [0.2, 0.25) is 5.13 Å². The molecule has 1 heterocycles. The molecular formula is C18H21N7O2S. The van der Waals surface area contributed by atoms with Gasteiger partial charge in [-0.1, -0.05) is 26.0 Å². The van der Waals surface area contributed by atoms with Crippen molar-refractivity contribution in [3.8, 4) is 17.5 Å². The Balaban J connectivity index is 2.15. The lowest BCUT2D eigenvalue weighted by Gasteiger charge is -2.23. The minimum absolute atomic E-state index is 0.0655. The zero-order valence-electron chi connectivity index (χ0n) is 15.7. The smallest absolute Gasteiger partial charge is 0.258 e. The number of aromatic nitrogens is 1. The molecule has 1 unspecified atom stereocenters. The molecule has 0 bridgehead atoms. The third-order valence-corrected chi connectivity index (χ3v) is 4.59. The predicted octanol–water partition coefficient (Wildman–Crippen LogP) is 1.41. The number of carbonyl (C=O) groups excluding carboxylic acids is 2. The summed E-state index contributed by atoms with van der Waals surface area (Å²) in [5.41, 5.74) is 12.6. The van der Waals surface area contributed by atoms with Crippen LogP contribution in [0.25, 0.3) is 11.3 Å². The van der Waals surface area contributed by atoms with Crippen molar-refractivity contribution >= 4 is 34.2 Å². The van der Waals surface area contributed by atoms with Crippen LogP contribution in [0.5, 0.6) is 0 Å². The first-order valence-corrected chi connectivity index (χ1v) is 9.24. The number of aliphatic imine (C=N–C) groups is 1. The van der Waals surface area contributed by atoms with E-state index in [-0.39, 0.29) is 11.9 Å².